The summed E-state index contributed by atoms with van der Waals surface area (Å²) in [5.74, 6) is 0.231. The maximum atomic E-state index is 11.0. The molecule has 90 valence electrons. The summed E-state index contributed by atoms with van der Waals surface area (Å²) >= 11 is 11.4. The first-order valence-electron chi connectivity index (χ1n) is 5.51. The number of halogens is 2. The quantitative estimate of drug-likeness (QED) is 0.373. The summed E-state index contributed by atoms with van der Waals surface area (Å²) in [7, 11) is 0. The van der Waals surface area contributed by atoms with E-state index in [9.17, 15) is 4.79 Å². The van der Waals surface area contributed by atoms with E-state index in [0.29, 0.717) is 18.9 Å². The highest BCUT2D eigenvalue weighted by Crippen LogP contribution is 2.20. The molecule has 0 N–H and O–H groups in total. The van der Waals surface area contributed by atoms with Crippen LogP contribution in [0, 0.1) is 5.92 Å². The van der Waals surface area contributed by atoms with Crippen LogP contribution in [0.4, 0.5) is 0 Å². The summed E-state index contributed by atoms with van der Waals surface area (Å²) in [5.41, 5.74) is 0. The largest absolute Gasteiger partial charge is 0.466 e. The molecule has 0 aromatic rings. The van der Waals surface area contributed by atoms with Crippen LogP contribution in [0.3, 0.4) is 0 Å². The molecule has 2 nitrogen and oxygen atoms in total. The Labute approximate surface area is 102 Å². The van der Waals surface area contributed by atoms with E-state index < -0.39 is 0 Å². The molecule has 15 heavy (non-hydrogen) atoms. The summed E-state index contributed by atoms with van der Waals surface area (Å²) < 4.78 is 4.83. The highest BCUT2D eigenvalue weighted by atomic mass is 35.5. The van der Waals surface area contributed by atoms with Crippen molar-refractivity contribution in [1.29, 1.82) is 0 Å². The molecule has 0 heterocycles. The van der Waals surface area contributed by atoms with Crippen LogP contribution in [0.15, 0.2) is 0 Å². The van der Waals surface area contributed by atoms with Crippen molar-refractivity contribution in [2.24, 2.45) is 5.92 Å². The number of unbranched alkanes of at least 4 members (excludes halogenated alkanes) is 2. The number of carbonyl (C=O) groups excluding carboxylic acids is 1. The molecule has 0 aromatic carbocycles. The van der Waals surface area contributed by atoms with E-state index in [1.54, 1.807) is 0 Å². The van der Waals surface area contributed by atoms with Crippen LogP contribution in [0.5, 0.6) is 0 Å². The first-order valence-corrected chi connectivity index (χ1v) is 6.39. The van der Waals surface area contributed by atoms with Gasteiger partial charge in [0.25, 0.3) is 0 Å². The molecule has 0 aromatic heterocycles. The van der Waals surface area contributed by atoms with E-state index in [0.717, 1.165) is 25.7 Å². The van der Waals surface area contributed by atoms with Gasteiger partial charge in [0.1, 0.15) is 4.84 Å². The molecular weight excluding hydrogens is 235 g/mol. The Balaban J connectivity index is 3.28. The number of rotatable bonds is 8. The van der Waals surface area contributed by atoms with E-state index in [-0.39, 0.29) is 10.8 Å². The van der Waals surface area contributed by atoms with Crippen LogP contribution in [0.1, 0.15) is 46.0 Å². The standard InChI is InChI=1S/C11H20Cl2O2/c1-3-15-10(14)8-6-4-5-7-9(2)11(12)13/h9,11H,3-8H2,1-2H3. The molecule has 4 heteroatoms. The third-order valence-electron chi connectivity index (χ3n) is 2.28. The molecule has 0 aliphatic rings. The first kappa shape index (κ1) is 15.0. The van der Waals surface area contributed by atoms with E-state index in [1.165, 1.54) is 0 Å². The minimum absolute atomic E-state index is 0.0990. The van der Waals surface area contributed by atoms with Crippen molar-refractivity contribution in [3.05, 3.63) is 0 Å². The van der Waals surface area contributed by atoms with Gasteiger partial charge in [-0.2, -0.15) is 0 Å². The SMILES string of the molecule is CCOC(=O)CCCCCC(C)C(Cl)Cl. The highest BCUT2D eigenvalue weighted by Gasteiger charge is 2.10. The predicted molar refractivity (Wildman–Crippen MR) is 64.4 cm³/mol. The van der Waals surface area contributed by atoms with Gasteiger partial charge in [-0.15, -0.1) is 23.2 Å². The number of esters is 1. The van der Waals surface area contributed by atoms with Crippen molar-refractivity contribution in [3.63, 3.8) is 0 Å². The lowest BCUT2D eigenvalue weighted by atomic mass is 10.0. The topological polar surface area (TPSA) is 26.3 Å². The molecule has 0 spiro atoms. The van der Waals surface area contributed by atoms with Gasteiger partial charge in [-0.1, -0.05) is 19.8 Å². The maximum absolute atomic E-state index is 11.0. The second-order valence-corrected chi connectivity index (χ2v) is 4.88. The molecule has 0 saturated heterocycles. The normalized spacial score (nSPS) is 12.9. The molecule has 0 rings (SSSR count). The van der Waals surface area contributed by atoms with Gasteiger partial charge < -0.3 is 4.74 Å². The van der Waals surface area contributed by atoms with Crippen LogP contribution in [0.2, 0.25) is 0 Å². The minimum Gasteiger partial charge on any atom is -0.466 e. The van der Waals surface area contributed by atoms with Gasteiger partial charge in [-0.3, -0.25) is 4.79 Å². The van der Waals surface area contributed by atoms with Crippen molar-refractivity contribution in [1.82, 2.24) is 0 Å². The average Bonchev–Trinajstić information content (AvgIpc) is 2.17. The third-order valence-corrected chi connectivity index (χ3v) is 3.14. The van der Waals surface area contributed by atoms with Gasteiger partial charge in [0.2, 0.25) is 0 Å². The molecule has 0 fully saturated rings. The van der Waals surface area contributed by atoms with Crippen LogP contribution in [0.25, 0.3) is 0 Å². The monoisotopic (exact) mass is 254 g/mol. The summed E-state index contributed by atoms with van der Waals surface area (Å²) in [6, 6.07) is 0. The van der Waals surface area contributed by atoms with Crippen molar-refractivity contribution >= 4 is 29.2 Å². The fourth-order valence-corrected chi connectivity index (χ4v) is 1.52. The predicted octanol–water partition coefficient (Wildman–Crippen LogP) is 3.94. The lowest BCUT2D eigenvalue weighted by Crippen LogP contribution is -2.05. The summed E-state index contributed by atoms with van der Waals surface area (Å²) in [4.78, 5) is 10.7. The van der Waals surface area contributed by atoms with Gasteiger partial charge in [0.15, 0.2) is 0 Å². The molecule has 0 aliphatic carbocycles. The van der Waals surface area contributed by atoms with Gasteiger partial charge in [-0.25, -0.2) is 0 Å². The van der Waals surface area contributed by atoms with E-state index >= 15 is 0 Å². The maximum Gasteiger partial charge on any atom is 0.305 e. The third kappa shape index (κ3) is 9.01. The Kier molecular flexibility index (Phi) is 9.32. The van der Waals surface area contributed by atoms with Gasteiger partial charge in [0, 0.05) is 6.42 Å². The Morgan fingerprint density at radius 2 is 1.93 bits per heavy atom. The molecule has 0 saturated carbocycles. The molecule has 1 unspecified atom stereocenters. The number of carbonyl (C=O) groups is 1. The fourth-order valence-electron chi connectivity index (χ4n) is 1.27. The van der Waals surface area contributed by atoms with E-state index in [4.69, 9.17) is 27.9 Å². The van der Waals surface area contributed by atoms with Crippen LogP contribution < -0.4 is 0 Å². The lowest BCUT2D eigenvalue weighted by Gasteiger charge is -2.11. The van der Waals surface area contributed by atoms with Crippen molar-refractivity contribution in [2.75, 3.05) is 6.61 Å². The van der Waals surface area contributed by atoms with Crippen LogP contribution in [-0.4, -0.2) is 17.4 Å². The number of alkyl halides is 2. The molecule has 1 atom stereocenters. The Morgan fingerprint density at radius 1 is 1.27 bits per heavy atom. The van der Waals surface area contributed by atoms with Crippen molar-refractivity contribution < 1.29 is 9.53 Å². The fraction of sp³-hybridized carbons (Fsp3) is 0.909. The zero-order valence-electron chi connectivity index (χ0n) is 9.47. The van der Waals surface area contributed by atoms with E-state index in [1.807, 2.05) is 13.8 Å². The summed E-state index contributed by atoms with van der Waals surface area (Å²) in [6.07, 6.45) is 4.52. The molecule has 0 aliphatic heterocycles. The lowest BCUT2D eigenvalue weighted by molar-refractivity contribution is -0.143. The molecular formula is C11H20Cl2O2. The van der Waals surface area contributed by atoms with Gasteiger partial charge in [0.05, 0.1) is 6.61 Å². The molecule has 0 radical (unpaired) electrons. The van der Waals surface area contributed by atoms with Gasteiger partial charge >= 0.3 is 5.97 Å². The zero-order chi connectivity index (χ0) is 11.7. The highest BCUT2D eigenvalue weighted by molar-refractivity contribution is 6.44. The summed E-state index contributed by atoms with van der Waals surface area (Å²) in [6.45, 7) is 4.33. The number of ether oxygens (including phenoxy) is 1. The first-order chi connectivity index (χ1) is 7.07. The second kappa shape index (κ2) is 9.29. The summed E-state index contributed by atoms with van der Waals surface area (Å²) in [5, 5.41) is 0. The van der Waals surface area contributed by atoms with Crippen LogP contribution in [-0.2, 0) is 9.53 Å². The smallest absolute Gasteiger partial charge is 0.305 e. The van der Waals surface area contributed by atoms with Gasteiger partial charge in [-0.05, 0) is 25.7 Å². The van der Waals surface area contributed by atoms with Crippen molar-refractivity contribution in [3.8, 4) is 0 Å². The Morgan fingerprint density at radius 3 is 2.47 bits per heavy atom. The molecule has 0 amide bonds. The molecule has 0 bridgehead atoms. The average molecular weight is 255 g/mol. The second-order valence-electron chi connectivity index (χ2n) is 3.72. The zero-order valence-corrected chi connectivity index (χ0v) is 11.0. The Bertz CT molecular complexity index is 172. The van der Waals surface area contributed by atoms with E-state index in [2.05, 4.69) is 0 Å². The number of hydrogen-bond acceptors (Lipinski definition) is 2. The number of hydrogen-bond donors (Lipinski definition) is 0. The van der Waals surface area contributed by atoms with Crippen LogP contribution >= 0.6 is 23.2 Å². The minimum atomic E-state index is -0.282. The Hall–Kier alpha value is 0.0500. The van der Waals surface area contributed by atoms with Crippen molar-refractivity contribution in [2.45, 2.75) is 50.8 Å².